The van der Waals surface area contributed by atoms with E-state index in [0.717, 1.165) is 11.8 Å². The van der Waals surface area contributed by atoms with Gasteiger partial charge in [-0.15, -0.1) is 23.5 Å². The third kappa shape index (κ3) is 3.73. The Morgan fingerprint density at radius 3 is 1.38 bits per heavy atom. The van der Waals surface area contributed by atoms with Crippen LogP contribution in [0.25, 0.3) is 0 Å². The van der Waals surface area contributed by atoms with Crippen molar-refractivity contribution in [1.29, 1.82) is 0 Å². The van der Waals surface area contributed by atoms with E-state index >= 15 is 0 Å². The van der Waals surface area contributed by atoms with E-state index in [1.165, 1.54) is 32.4 Å². The molecule has 0 amide bonds. The largest absolute Gasteiger partial charge is 0.126 e. The summed E-state index contributed by atoms with van der Waals surface area (Å²) in [6.45, 7) is 14.1. The van der Waals surface area contributed by atoms with Crippen molar-refractivity contribution < 1.29 is 0 Å². The number of rotatable bonds is 0. The molecule has 2 unspecified atom stereocenters. The quantitative estimate of drug-likeness (QED) is 0.463. The van der Waals surface area contributed by atoms with Crippen LogP contribution in [0.4, 0.5) is 0 Å². The number of thioether (sulfide) groups is 2. The minimum Gasteiger partial charge on any atom is -0.126 e. The molecule has 0 saturated heterocycles. The summed E-state index contributed by atoms with van der Waals surface area (Å²) in [5, 5.41) is 0. The van der Waals surface area contributed by atoms with Crippen molar-refractivity contribution >= 4 is 23.5 Å². The fraction of sp³-hybridized carbons (Fsp3) is 0.500. The predicted octanol–water partition coefficient (Wildman–Crippen LogP) is 7.41. The zero-order valence-corrected chi connectivity index (χ0v) is 18.6. The van der Waals surface area contributed by atoms with Crippen molar-refractivity contribution in [2.24, 2.45) is 11.8 Å². The van der Waals surface area contributed by atoms with Crippen LogP contribution in [0.2, 0.25) is 0 Å². The monoisotopic (exact) mass is 384 g/mol. The Labute approximate surface area is 168 Å². The molecule has 0 N–H and O–H groups in total. The van der Waals surface area contributed by atoms with E-state index in [-0.39, 0.29) is 0 Å². The van der Waals surface area contributed by atoms with Gasteiger partial charge in [0.25, 0.3) is 0 Å². The molecule has 2 heteroatoms. The van der Waals surface area contributed by atoms with Crippen molar-refractivity contribution in [3.8, 4) is 0 Å². The highest BCUT2D eigenvalue weighted by Gasteiger charge is 2.34. The molecule has 2 aromatic rings. The predicted molar refractivity (Wildman–Crippen MR) is 119 cm³/mol. The Bertz CT molecular complexity index is 695. The Kier molecular flexibility index (Phi) is 5.84. The second-order valence-electron chi connectivity index (χ2n) is 8.86. The van der Waals surface area contributed by atoms with Gasteiger partial charge in [0.2, 0.25) is 0 Å². The average Bonchev–Trinajstić information content (AvgIpc) is 2.63. The summed E-state index contributed by atoms with van der Waals surface area (Å²) in [7, 11) is 0. The highest BCUT2D eigenvalue weighted by molar-refractivity contribution is 7.99. The molecule has 2 aliphatic heterocycles. The summed E-state index contributed by atoms with van der Waals surface area (Å²) >= 11 is 4.00. The van der Waals surface area contributed by atoms with E-state index in [1.54, 1.807) is 0 Å². The molecule has 0 bridgehead atoms. The molecule has 0 nitrogen and oxygen atoms in total. The van der Waals surface area contributed by atoms with Gasteiger partial charge in [0, 0.05) is 21.3 Å². The molecular formula is C24H32S2. The second-order valence-corrected chi connectivity index (χ2v) is 11.0. The van der Waals surface area contributed by atoms with Gasteiger partial charge in [-0.1, -0.05) is 77.9 Å². The summed E-state index contributed by atoms with van der Waals surface area (Å²) in [4.78, 5) is 2.95. The van der Waals surface area contributed by atoms with Crippen LogP contribution >= 0.6 is 23.5 Å². The van der Waals surface area contributed by atoms with Crippen molar-refractivity contribution in [3.63, 3.8) is 0 Å². The molecular weight excluding hydrogens is 352 g/mol. The van der Waals surface area contributed by atoms with Gasteiger partial charge in [0.1, 0.15) is 0 Å². The Balaban J connectivity index is 0.000000151. The third-order valence-electron chi connectivity index (χ3n) is 6.60. The Morgan fingerprint density at radius 1 is 0.654 bits per heavy atom. The van der Waals surface area contributed by atoms with Gasteiger partial charge in [-0.05, 0) is 45.9 Å². The summed E-state index contributed by atoms with van der Waals surface area (Å²) in [5.74, 6) is 4.05. The van der Waals surface area contributed by atoms with E-state index in [1.807, 2.05) is 23.5 Å². The molecule has 140 valence electrons. The van der Waals surface area contributed by atoms with Crippen molar-refractivity contribution in [1.82, 2.24) is 0 Å². The first-order valence-corrected chi connectivity index (χ1v) is 11.7. The van der Waals surface area contributed by atoms with Crippen molar-refractivity contribution in [3.05, 3.63) is 59.7 Å². The van der Waals surface area contributed by atoms with Crippen LogP contribution in [-0.4, -0.2) is 11.5 Å². The molecule has 0 saturated carbocycles. The first kappa shape index (κ1) is 19.9. The third-order valence-corrected chi connectivity index (χ3v) is 9.27. The van der Waals surface area contributed by atoms with Gasteiger partial charge in [-0.3, -0.25) is 0 Å². The number of hydrogen-bond acceptors (Lipinski definition) is 2. The lowest BCUT2D eigenvalue weighted by molar-refractivity contribution is 0.366. The van der Waals surface area contributed by atoms with Gasteiger partial charge in [-0.2, -0.15) is 0 Å². The van der Waals surface area contributed by atoms with Crippen LogP contribution < -0.4 is 0 Å². The maximum absolute atomic E-state index is 2.36. The lowest BCUT2D eigenvalue weighted by Gasteiger charge is -2.38. The van der Waals surface area contributed by atoms with E-state index in [4.69, 9.17) is 0 Å². The SMILES string of the molecule is CC1CSc2ccccc2C1(C)C.CC1CSc2ccccc2C1(C)C. The van der Waals surface area contributed by atoms with Gasteiger partial charge in [0.05, 0.1) is 0 Å². The van der Waals surface area contributed by atoms with E-state index in [9.17, 15) is 0 Å². The lowest BCUT2D eigenvalue weighted by Crippen LogP contribution is -2.31. The van der Waals surface area contributed by atoms with Crippen molar-refractivity contribution in [2.75, 3.05) is 11.5 Å². The van der Waals surface area contributed by atoms with Crippen LogP contribution in [0.15, 0.2) is 58.3 Å². The van der Waals surface area contributed by atoms with Crippen LogP contribution in [0.3, 0.4) is 0 Å². The summed E-state index contributed by atoms with van der Waals surface area (Å²) in [5.41, 5.74) is 3.75. The zero-order chi connectivity index (χ0) is 18.9. The Morgan fingerprint density at radius 2 is 1.00 bits per heavy atom. The normalized spacial score (nSPS) is 25.3. The maximum atomic E-state index is 2.36. The molecule has 0 radical (unpaired) electrons. The highest BCUT2D eigenvalue weighted by atomic mass is 32.2. The molecule has 26 heavy (non-hydrogen) atoms. The number of benzene rings is 2. The summed E-state index contributed by atoms with van der Waals surface area (Å²) < 4.78 is 0. The maximum Gasteiger partial charge on any atom is 0.0110 e. The molecule has 2 atom stereocenters. The van der Waals surface area contributed by atoms with Crippen molar-refractivity contribution in [2.45, 2.75) is 62.2 Å². The van der Waals surface area contributed by atoms with E-state index in [0.29, 0.717) is 10.8 Å². The molecule has 0 fully saturated rings. The van der Waals surface area contributed by atoms with Crippen LogP contribution in [-0.2, 0) is 10.8 Å². The molecule has 0 spiro atoms. The second kappa shape index (κ2) is 7.64. The fourth-order valence-corrected chi connectivity index (χ4v) is 6.64. The van der Waals surface area contributed by atoms with Gasteiger partial charge < -0.3 is 0 Å². The van der Waals surface area contributed by atoms with Crippen LogP contribution in [0.1, 0.15) is 52.7 Å². The van der Waals surface area contributed by atoms with Crippen LogP contribution in [0.5, 0.6) is 0 Å². The van der Waals surface area contributed by atoms with Gasteiger partial charge >= 0.3 is 0 Å². The summed E-state index contributed by atoms with van der Waals surface area (Å²) in [6, 6.07) is 17.6. The first-order valence-electron chi connectivity index (χ1n) is 9.69. The number of fused-ring (bicyclic) bond motifs is 2. The first-order chi connectivity index (χ1) is 12.2. The van der Waals surface area contributed by atoms with Gasteiger partial charge in [-0.25, -0.2) is 0 Å². The fourth-order valence-electron chi connectivity index (χ4n) is 3.63. The topological polar surface area (TPSA) is 0 Å². The molecule has 4 rings (SSSR count). The standard InChI is InChI=1S/2C12H16S/c2*1-9-8-13-11-7-5-4-6-10(11)12(9,2)3/h2*4-7,9H,8H2,1-3H3. The molecule has 0 aromatic heterocycles. The average molecular weight is 385 g/mol. The highest BCUT2D eigenvalue weighted by Crippen LogP contribution is 2.45. The van der Waals surface area contributed by atoms with E-state index < -0.39 is 0 Å². The summed E-state index contributed by atoms with van der Waals surface area (Å²) in [6.07, 6.45) is 0. The Hall–Kier alpha value is -0.860. The molecule has 2 aromatic carbocycles. The number of hydrogen-bond donors (Lipinski definition) is 0. The lowest BCUT2D eigenvalue weighted by atomic mass is 9.75. The molecule has 2 heterocycles. The van der Waals surface area contributed by atoms with Crippen LogP contribution in [0, 0.1) is 11.8 Å². The zero-order valence-electron chi connectivity index (χ0n) is 17.0. The molecule has 0 aliphatic carbocycles. The minimum absolute atomic E-state index is 0.349. The van der Waals surface area contributed by atoms with Gasteiger partial charge in [0.15, 0.2) is 0 Å². The molecule has 2 aliphatic rings. The van der Waals surface area contributed by atoms with E-state index in [2.05, 4.69) is 90.1 Å². The smallest absolute Gasteiger partial charge is 0.0110 e. The minimum atomic E-state index is 0.349.